The second-order valence-corrected chi connectivity index (χ2v) is 3.80. The van der Waals surface area contributed by atoms with E-state index >= 15 is 0 Å². The van der Waals surface area contributed by atoms with Gasteiger partial charge in [-0.2, -0.15) is 0 Å². The van der Waals surface area contributed by atoms with E-state index < -0.39 is 0 Å². The fraction of sp³-hybridized carbons (Fsp3) is 0.111. The molecule has 2 aromatic rings. The molecular formula is C9H6BrClN2O. The van der Waals surface area contributed by atoms with Gasteiger partial charge in [0.15, 0.2) is 0 Å². The molecule has 0 atom stereocenters. The molecule has 1 aromatic carbocycles. The topological polar surface area (TPSA) is 45.8 Å². The summed E-state index contributed by atoms with van der Waals surface area (Å²) in [5.74, 6) is 0. The summed E-state index contributed by atoms with van der Waals surface area (Å²) in [6.07, 6.45) is 0. The molecule has 1 aromatic heterocycles. The molecular weight excluding hydrogens is 267 g/mol. The Bertz CT molecular complexity index is 538. The van der Waals surface area contributed by atoms with Crippen LogP contribution in [-0.4, -0.2) is 9.97 Å². The maximum Gasteiger partial charge on any atom is 0.271 e. The Kier molecular flexibility index (Phi) is 2.56. The molecule has 0 saturated heterocycles. The number of aromatic nitrogens is 2. The van der Waals surface area contributed by atoms with Crippen LogP contribution in [0.1, 0.15) is 5.69 Å². The van der Waals surface area contributed by atoms with Crippen LogP contribution in [0, 0.1) is 0 Å². The second-order valence-electron chi connectivity index (χ2n) is 2.81. The molecule has 14 heavy (non-hydrogen) atoms. The first-order valence-corrected chi connectivity index (χ1v) is 5.45. The van der Waals surface area contributed by atoms with Crippen LogP contribution in [0.25, 0.3) is 11.0 Å². The summed E-state index contributed by atoms with van der Waals surface area (Å²) in [4.78, 5) is 18.3. The number of hydrogen-bond acceptors (Lipinski definition) is 2. The summed E-state index contributed by atoms with van der Waals surface area (Å²) >= 11 is 9.01. The summed E-state index contributed by atoms with van der Waals surface area (Å²) in [6, 6.07) is 5.18. The molecule has 0 aliphatic rings. The quantitative estimate of drug-likeness (QED) is 0.811. The molecule has 1 heterocycles. The minimum atomic E-state index is -0.170. The van der Waals surface area contributed by atoms with Crippen molar-refractivity contribution in [2.45, 2.75) is 5.33 Å². The highest BCUT2D eigenvalue weighted by Crippen LogP contribution is 2.15. The van der Waals surface area contributed by atoms with E-state index in [-0.39, 0.29) is 5.56 Å². The van der Waals surface area contributed by atoms with E-state index in [2.05, 4.69) is 25.9 Å². The highest BCUT2D eigenvalue weighted by molar-refractivity contribution is 9.08. The molecule has 0 radical (unpaired) electrons. The lowest BCUT2D eigenvalue weighted by molar-refractivity contribution is 1.11. The fourth-order valence-corrected chi connectivity index (χ4v) is 1.73. The van der Waals surface area contributed by atoms with Crippen LogP contribution in [0.15, 0.2) is 23.0 Å². The average Bonchev–Trinajstić information content (AvgIpc) is 2.17. The largest absolute Gasteiger partial charge is 0.319 e. The molecule has 0 saturated carbocycles. The Morgan fingerprint density at radius 1 is 1.50 bits per heavy atom. The summed E-state index contributed by atoms with van der Waals surface area (Å²) < 4.78 is 0. The van der Waals surface area contributed by atoms with Crippen LogP contribution >= 0.6 is 27.5 Å². The minimum absolute atomic E-state index is 0.170. The first-order valence-electron chi connectivity index (χ1n) is 3.95. The van der Waals surface area contributed by atoms with Crippen LogP contribution in [0.4, 0.5) is 0 Å². The molecule has 0 fully saturated rings. The van der Waals surface area contributed by atoms with Gasteiger partial charge in [0, 0.05) is 5.02 Å². The molecule has 5 heteroatoms. The highest BCUT2D eigenvalue weighted by atomic mass is 79.9. The van der Waals surface area contributed by atoms with Crippen LogP contribution in [-0.2, 0) is 5.33 Å². The summed E-state index contributed by atoms with van der Waals surface area (Å²) in [7, 11) is 0. The van der Waals surface area contributed by atoms with E-state index in [0.29, 0.717) is 27.1 Å². The fourth-order valence-electron chi connectivity index (χ4n) is 1.18. The molecule has 0 aliphatic heterocycles. The molecule has 0 amide bonds. The zero-order valence-electron chi connectivity index (χ0n) is 7.05. The third kappa shape index (κ3) is 1.67. The molecule has 0 unspecified atom stereocenters. The van der Waals surface area contributed by atoms with Crippen molar-refractivity contribution in [3.05, 3.63) is 39.3 Å². The summed E-state index contributed by atoms with van der Waals surface area (Å²) in [6.45, 7) is 0. The Hall–Kier alpha value is -0.870. The van der Waals surface area contributed by atoms with Gasteiger partial charge in [-0.3, -0.25) is 4.79 Å². The standard InChI is InChI=1S/C9H6BrClN2O/c10-4-8-9(14)13-6-2-1-5(11)3-7(6)12-8/h1-3H,4H2,(H,13,14). The third-order valence-corrected chi connectivity index (χ3v) is 2.62. The lowest BCUT2D eigenvalue weighted by Crippen LogP contribution is -2.13. The first-order chi connectivity index (χ1) is 6.70. The molecule has 0 aliphatic carbocycles. The van der Waals surface area contributed by atoms with Crippen molar-refractivity contribution in [3.63, 3.8) is 0 Å². The summed E-state index contributed by atoms with van der Waals surface area (Å²) in [5, 5.41) is 1.04. The van der Waals surface area contributed by atoms with Gasteiger partial charge in [0.2, 0.25) is 0 Å². The predicted molar refractivity (Wildman–Crippen MR) is 60.0 cm³/mol. The Balaban J connectivity index is 2.80. The van der Waals surface area contributed by atoms with Gasteiger partial charge in [0.05, 0.1) is 16.4 Å². The van der Waals surface area contributed by atoms with Crippen LogP contribution in [0.5, 0.6) is 0 Å². The molecule has 3 nitrogen and oxygen atoms in total. The van der Waals surface area contributed by atoms with Crippen molar-refractivity contribution in [2.24, 2.45) is 0 Å². The normalized spacial score (nSPS) is 10.7. The van der Waals surface area contributed by atoms with Crippen molar-refractivity contribution in [3.8, 4) is 0 Å². The predicted octanol–water partition coefficient (Wildman–Crippen LogP) is 2.47. The van der Waals surface area contributed by atoms with E-state index in [1.54, 1.807) is 18.2 Å². The maximum absolute atomic E-state index is 11.4. The zero-order chi connectivity index (χ0) is 10.1. The maximum atomic E-state index is 11.4. The Morgan fingerprint density at radius 3 is 3.00 bits per heavy atom. The number of nitrogens with one attached hydrogen (secondary N) is 1. The minimum Gasteiger partial charge on any atom is -0.319 e. The lowest BCUT2D eigenvalue weighted by Gasteiger charge is -1.99. The van der Waals surface area contributed by atoms with Gasteiger partial charge in [0.25, 0.3) is 5.56 Å². The number of nitrogens with zero attached hydrogens (tertiary/aromatic N) is 1. The van der Waals surface area contributed by atoms with Gasteiger partial charge in [-0.25, -0.2) is 4.98 Å². The monoisotopic (exact) mass is 272 g/mol. The number of H-pyrrole nitrogens is 1. The van der Waals surface area contributed by atoms with E-state index in [1.165, 1.54) is 0 Å². The van der Waals surface area contributed by atoms with Gasteiger partial charge in [-0.15, -0.1) is 0 Å². The van der Waals surface area contributed by atoms with E-state index in [0.717, 1.165) is 0 Å². The van der Waals surface area contributed by atoms with Gasteiger partial charge in [-0.05, 0) is 18.2 Å². The molecule has 2 rings (SSSR count). The number of benzene rings is 1. The molecule has 0 bridgehead atoms. The molecule has 72 valence electrons. The SMILES string of the molecule is O=c1[nH]c2ccc(Cl)cc2nc1CBr. The smallest absolute Gasteiger partial charge is 0.271 e. The van der Waals surface area contributed by atoms with Gasteiger partial charge in [-0.1, -0.05) is 27.5 Å². The number of aromatic amines is 1. The number of rotatable bonds is 1. The van der Waals surface area contributed by atoms with Crippen molar-refractivity contribution in [2.75, 3.05) is 0 Å². The lowest BCUT2D eigenvalue weighted by atomic mass is 10.3. The van der Waals surface area contributed by atoms with Crippen LogP contribution in [0.2, 0.25) is 5.02 Å². The van der Waals surface area contributed by atoms with Gasteiger partial charge >= 0.3 is 0 Å². The average molecular weight is 274 g/mol. The van der Waals surface area contributed by atoms with Crippen molar-refractivity contribution < 1.29 is 0 Å². The van der Waals surface area contributed by atoms with Crippen LogP contribution < -0.4 is 5.56 Å². The van der Waals surface area contributed by atoms with Crippen LogP contribution in [0.3, 0.4) is 0 Å². The number of fused-ring (bicyclic) bond motifs is 1. The zero-order valence-corrected chi connectivity index (χ0v) is 9.39. The first kappa shape index (κ1) is 9.68. The third-order valence-electron chi connectivity index (χ3n) is 1.85. The summed E-state index contributed by atoms with van der Waals surface area (Å²) in [5.41, 5.74) is 1.69. The number of halogens is 2. The second kappa shape index (κ2) is 3.71. The van der Waals surface area contributed by atoms with Crippen molar-refractivity contribution >= 4 is 38.6 Å². The molecule has 0 spiro atoms. The van der Waals surface area contributed by atoms with Crippen molar-refractivity contribution in [1.82, 2.24) is 9.97 Å². The van der Waals surface area contributed by atoms with Gasteiger partial charge in [0.1, 0.15) is 5.69 Å². The Morgan fingerprint density at radius 2 is 2.29 bits per heavy atom. The molecule has 1 N–H and O–H groups in total. The number of hydrogen-bond donors (Lipinski definition) is 1. The van der Waals surface area contributed by atoms with Gasteiger partial charge < -0.3 is 4.98 Å². The van der Waals surface area contributed by atoms with E-state index in [4.69, 9.17) is 11.6 Å². The number of alkyl halides is 1. The van der Waals surface area contributed by atoms with Crippen molar-refractivity contribution in [1.29, 1.82) is 0 Å². The van der Waals surface area contributed by atoms with E-state index in [1.807, 2.05) is 0 Å². The van der Waals surface area contributed by atoms with E-state index in [9.17, 15) is 4.79 Å². The Labute approximate surface area is 93.2 Å². The highest BCUT2D eigenvalue weighted by Gasteiger charge is 2.03.